The third-order valence-corrected chi connectivity index (χ3v) is 5.42. The van der Waals surface area contributed by atoms with Crippen molar-refractivity contribution in [3.8, 4) is 12.3 Å². The van der Waals surface area contributed by atoms with Gasteiger partial charge in [-0.2, -0.15) is 0 Å². The van der Waals surface area contributed by atoms with Crippen LogP contribution in [0.25, 0.3) is 0 Å². The molecule has 2 atom stereocenters. The summed E-state index contributed by atoms with van der Waals surface area (Å²) in [6.45, 7) is 12.0. The second-order valence-corrected chi connectivity index (χ2v) is 9.77. The van der Waals surface area contributed by atoms with Gasteiger partial charge < -0.3 is 20.3 Å². The number of hydrogen-bond acceptors (Lipinski definition) is 4. The van der Waals surface area contributed by atoms with Crippen LogP contribution in [0.5, 0.6) is 0 Å². The van der Waals surface area contributed by atoms with Gasteiger partial charge in [0.1, 0.15) is 17.7 Å². The molecule has 0 aliphatic carbocycles. The van der Waals surface area contributed by atoms with Crippen molar-refractivity contribution in [1.82, 2.24) is 15.5 Å². The summed E-state index contributed by atoms with van der Waals surface area (Å²) in [6.07, 6.45) is 10.4. The Hall–Kier alpha value is -3.01. The molecule has 0 heterocycles. The first-order chi connectivity index (χ1) is 16.5. The highest BCUT2D eigenvalue weighted by Crippen LogP contribution is 2.24. The summed E-state index contributed by atoms with van der Waals surface area (Å²) in [6, 6.07) is 5.41. The Labute approximate surface area is 211 Å². The van der Waals surface area contributed by atoms with Crippen LogP contribution in [0.15, 0.2) is 24.3 Å². The molecular formula is C28H43N3O4. The number of unbranched alkanes of at least 4 members (excludes halogenated alkanes) is 4. The lowest BCUT2D eigenvalue weighted by Gasteiger charge is -2.33. The Bertz CT molecular complexity index is 852. The van der Waals surface area contributed by atoms with Gasteiger partial charge in [-0.3, -0.25) is 9.59 Å². The number of terminal acetylenes is 1. The van der Waals surface area contributed by atoms with E-state index in [2.05, 4.69) is 30.4 Å². The van der Waals surface area contributed by atoms with Gasteiger partial charge in [0.2, 0.25) is 11.8 Å². The first-order valence-corrected chi connectivity index (χ1v) is 12.7. The molecule has 0 radical (unpaired) electrons. The van der Waals surface area contributed by atoms with Gasteiger partial charge in [0, 0.05) is 18.7 Å². The Balaban J connectivity index is 3.26. The number of alkyl carbamates (subject to hydrolysis) is 1. The lowest BCUT2D eigenvalue weighted by Crippen LogP contribution is -2.52. The maximum atomic E-state index is 13.6. The van der Waals surface area contributed by atoms with E-state index in [1.807, 2.05) is 0 Å². The summed E-state index contributed by atoms with van der Waals surface area (Å²) in [5.74, 6) is 1.99. The van der Waals surface area contributed by atoms with E-state index in [1.54, 1.807) is 56.9 Å². The minimum absolute atomic E-state index is 0.246. The molecule has 2 N–H and O–H groups in total. The fourth-order valence-electron chi connectivity index (χ4n) is 3.61. The number of carbonyl (C=O) groups is 3. The van der Waals surface area contributed by atoms with Crippen LogP contribution < -0.4 is 10.6 Å². The predicted octanol–water partition coefficient (Wildman–Crippen LogP) is 4.95. The standard InChI is InChI=1S/C28H43N3O4/c1-8-11-13-19-29-25(32)24(23-17-15-22(10-3)16-18-23)31(20-14-12-9-2)26(33)21(4)30-27(34)35-28(5,6)7/h3,15-18,21,24H,8-9,11-14,19-20H2,1-2,4-7H3,(H,29,32)(H,30,34). The van der Waals surface area contributed by atoms with Gasteiger partial charge in [-0.15, -0.1) is 6.42 Å². The van der Waals surface area contributed by atoms with Crippen LogP contribution in [0.2, 0.25) is 0 Å². The molecule has 2 unspecified atom stereocenters. The van der Waals surface area contributed by atoms with Crippen molar-refractivity contribution in [3.63, 3.8) is 0 Å². The van der Waals surface area contributed by atoms with Crippen molar-refractivity contribution >= 4 is 17.9 Å². The summed E-state index contributed by atoms with van der Waals surface area (Å²) in [5.41, 5.74) is 0.679. The van der Waals surface area contributed by atoms with E-state index in [1.165, 1.54) is 0 Å². The van der Waals surface area contributed by atoms with Gasteiger partial charge in [0.05, 0.1) is 0 Å². The van der Waals surface area contributed by atoms with Gasteiger partial charge in [-0.1, -0.05) is 57.6 Å². The molecule has 35 heavy (non-hydrogen) atoms. The van der Waals surface area contributed by atoms with E-state index in [4.69, 9.17) is 11.2 Å². The summed E-state index contributed by atoms with van der Waals surface area (Å²) in [5, 5.41) is 5.62. The molecule has 7 heteroatoms. The van der Waals surface area contributed by atoms with Crippen molar-refractivity contribution < 1.29 is 19.1 Å². The first-order valence-electron chi connectivity index (χ1n) is 12.7. The van der Waals surface area contributed by atoms with Crippen LogP contribution in [-0.4, -0.2) is 47.5 Å². The van der Waals surface area contributed by atoms with E-state index < -0.39 is 23.8 Å². The summed E-state index contributed by atoms with van der Waals surface area (Å²) < 4.78 is 5.31. The number of amides is 3. The highest BCUT2D eigenvalue weighted by atomic mass is 16.6. The lowest BCUT2D eigenvalue weighted by atomic mass is 10.0. The highest BCUT2D eigenvalue weighted by molar-refractivity contribution is 5.92. The minimum atomic E-state index is -0.869. The van der Waals surface area contributed by atoms with Crippen LogP contribution in [0.4, 0.5) is 4.79 Å². The zero-order chi connectivity index (χ0) is 26.4. The molecule has 3 amide bonds. The highest BCUT2D eigenvalue weighted by Gasteiger charge is 2.34. The molecular weight excluding hydrogens is 442 g/mol. The van der Waals surface area contributed by atoms with Crippen LogP contribution in [0.3, 0.4) is 0 Å². The third-order valence-electron chi connectivity index (χ3n) is 5.42. The fraction of sp³-hybridized carbons (Fsp3) is 0.607. The number of nitrogens with zero attached hydrogens (tertiary/aromatic N) is 1. The summed E-state index contributed by atoms with van der Waals surface area (Å²) in [7, 11) is 0. The van der Waals surface area contributed by atoms with Crippen LogP contribution in [0.1, 0.15) is 97.2 Å². The van der Waals surface area contributed by atoms with Gasteiger partial charge >= 0.3 is 6.09 Å². The smallest absolute Gasteiger partial charge is 0.408 e. The molecule has 0 aromatic heterocycles. The monoisotopic (exact) mass is 485 g/mol. The predicted molar refractivity (Wildman–Crippen MR) is 140 cm³/mol. The van der Waals surface area contributed by atoms with Gasteiger partial charge in [0.25, 0.3) is 0 Å². The lowest BCUT2D eigenvalue weighted by molar-refractivity contribution is -0.142. The molecule has 0 saturated carbocycles. The molecule has 1 rings (SSSR count). The Morgan fingerprint density at radius 1 is 1.03 bits per heavy atom. The van der Waals surface area contributed by atoms with E-state index in [0.29, 0.717) is 24.2 Å². The topological polar surface area (TPSA) is 87.7 Å². The third kappa shape index (κ3) is 10.9. The Morgan fingerprint density at radius 2 is 1.63 bits per heavy atom. The van der Waals surface area contributed by atoms with Crippen molar-refractivity contribution in [1.29, 1.82) is 0 Å². The average molecular weight is 486 g/mol. The van der Waals surface area contributed by atoms with Crippen LogP contribution >= 0.6 is 0 Å². The Kier molecular flexibility index (Phi) is 12.9. The molecule has 0 aliphatic heterocycles. The Morgan fingerprint density at radius 3 is 2.17 bits per heavy atom. The van der Waals surface area contributed by atoms with E-state index in [0.717, 1.165) is 38.5 Å². The van der Waals surface area contributed by atoms with Gasteiger partial charge in [-0.25, -0.2) is 4.79 Å². The SMILES string of the molecule is C#Cc1ccc(C(C(=O)NCCCCC)N(CCCCC)C(=O)C(C)NC(=O)OC(C)(C)C)cc1. The average Bonchev–Trinajstić information content (AvgIpc) is 2.79. The van der Waals surface area contributed by atoms with Crippen molar-refractivity contribution in [2.45, 2.75) is 97.8 Å². The second kappa shape index (κ2) is 15.1. The molecule has 194 valence electrons. The fourth-order valence-corrected chi connectivity index (χ4v) is 3.61. The molecule has 0 aliphatic rings. The zero-order valence-corrected chi connectivity index (χ0v) is 22.3. The first kappa shape index (κ1) is 30.0. The molecule has 0 bridgehead atoms. The molecule has 0 spiro atoms. The quantitative estimate of drug-likeness (QED) is 0.306. The van der Waals surface area contributed by atoms with E-state index in [9.17, 15) is 14.4 Å². The molecule has 1 aromatic carbocycles. The summed E-state index contributed by atoms with van der Waals surface area (Å²) in [4.78, 5) is 40.9. The van der Waals surface area contributed by atoms with Crippen LogP contribution in [-0.2, 0) is 14.3 Å². The number of ether oxygens (including phenoxy) is 1. The van der Waals surface area contributed by atoms with Gasteiger partial charge in [0.15, 0.2) is 0 Å². The van der Waals surface area contributed by atoms with E-state index in [-0.39, 0.29) is 11.8 Å². The van der Waals surface area contributed by atoms with Gasteiger partial charge in [-0.05, 0) is 58.2 Å². The molecule has 1 aromatic rings. The minimum Gasteiger partial charge on any atom is -0.444 e. The second-order valence-electron chi connectivity index (χ2n) is 9.77. The molecule has 0 fully saturated rings. The van der Waals surface area contributed by atoms with E-state index >= 15 is 0 Å². The number of benzene rings is 1. The largest absolute Gasteiger partial charge is 0.444 e. The number of nitrogens with one attached hydrogen (secondary N) is 2. The summed E-state index contributed by atoms with van der Waals surface area (Å²) >= 11 is 0. The van der Waals surface area contributed by atoms with Crippen molar-refractivity contribution in [2.75, 3.05) is 13.1 Å². The normalized spacial score (nSPS) is 12.7. The number of carbonyl (C=O) groups excluding carboxylic acids is 3. The maximum absolute atomic E-state index is 13.6. The van der Waals surface area contributed by atoms with Crippen molar-refractivity contribution in [3.05, 3.63) is 35.4 Å². The zero-order valence-electron chi connectivity index (χ0n) is 22.3. The maximum Gasteiger partial charge on any atom is 0.408 e. The van der Waals surface area contributed by atoms with Crippen LogP contribution in [0, 0.1) is 12.3 Å². The molecule has 7 nitrogen and oxygen atoms in total. The molecule has 0 saturated heterocycles. The van der Waals surface area contributed by atoms with Crippen molar-refractivity contribution in [2.24, 2.45) is 0 Å². The number of rotatable bonds is 13. The number of hydrogen-bond donors (Lipinski definition) is 2.